The lowest BCUT2D eigenvalue weighted by Gasteiger charge is -2.02. The number of rotatable bonds is 4. The van der Waals surface area contributed by atoms with Crippen LogP contribution in [-0.4, -0.2) is 22.0 Å². The van der Waals surface area contributed by atoms with Crippen LogP contribution >= 0.6 is 22.9 Å². The fourth-order valence-electron chi connectivity index (χ4n) is 1.38. The van der Waals surface area contributed by atoms with Gasteiger partial charge in [0.2, 0.25) is 5.91 Å². The van der Waals surface area contributed by atoms with Crippen molar-refractivity contribution in [2.75, 3.05) is 5.32 Å². The zero-order valence-corrected chi connectivity index (χ0v) is 11.6. The number of hydrogen-bond donors (Lipinski definition) is 2. The summed E-state index contributed by atoms with van der Waals surface area (Å²) in [6, 6.07) is 6.34. The number of hydrogen-bond acceptors (Lipinski definition) is 4. The first-order valence-corrected chi connectivity index (χ1v) is 6.68. The van der Waals surface area contributed by atoms with Crippen molar-refractivity contribution in [3.63, 3.8) is 0 Å². The number of amides is 1. The lowest BCUT2D eigenvalue weighted by molar-refractivity contribution is -0.111. The van der Waals surface area contributed by atoms with Gasteiger partial charge in [0.15, 0.2) is 0 Å². The minimum absolute atomic E-state index is 0.128. The first-order valence-electron chi connectivity index (χ1n) is 5.48. The Morgan fingerprint density at radius 2 is 2.15 bits per heavy atom. The van der Waals surface area contributed by atoms with Gasteiger partial charge in [0.1, 0.15) is 5.69 Å². The summed E-state index contributed by atoms with van der Waals surface area (Å²) in [5, 5.41) is 11.4. The van der Waals surface area contributed by atoms with Gasteiger partial charge in [-0.1, -0.05) is 11.6 Å². The molecule has 0 unspecified atom stereocenters. The van der Waals surface area contributed by atoms with Gasteiger partial charge in [0.25, 0.3) is 0 Å². The molecule has 20 heavy (non-hydrogen) atoms. The van der Waals surface area contributed by atoms with E-state index in [0.717, 1.165) is 4.88 Å². The quantitative estimate of drug-likeness (QED) is 0.850. The van der Waals surface area contributed by atoms with Crippen LogP contribution in [0.2, 0.25) is 4.34 Å². The molecule has 2 aromatic rings. The highest BCUT2D eigenvalue weighted by atomic mass is 35.5. The number of aromatic nitrogens is 1. The zero-order valence-electron chi connectivity index (χ0n) is 10.0. The van der Waals surface area contributed by atoms with Gasteiger partial charge in [-0.25, -0.2) is 9.78 Å². The van der Waals surface area contributed by atoms with E-state index in [2.05, 4.69) is 10.3 Å². The topological polar surface area (TPSA) is 79.3 Å². The van der Waals surface area contributed by atoms with Gasteiger partial charge in [-0.2, -0.15) is 0 Å². The minimum Gasteiger partial charge on any atom is -0.477 e. The zero-order chi connectivity index (χ0) is 14.5. The Bertz CT molecular complexity index is 682. The molecular formula is C13H9ClN2O3S. The molecule has 0 saturated heterocycles. The maximum absolute atomic E-state index is 11.7. The second-order valence-electron chi connectivity index (χ2n) is 3.70. The summed E-state index contributed by atoms with van der Waals surface area (Å²) in [6.07, 6.45) is 4.30. The fraction of sp³-hybridized carbons (Fsp3) is 0. The largest absolute Gasteiger partial charge is 0.477 e. The molecule has 2 aromatic heterocycles. The smallest absolute Gasteiger partial charge is 0.354 e. The minimum atomic E-state index is -1.15. The molecule has 0 saturated carbocycles. The summed E-state index contributed by atoms with van der Waals surface area (Å²) in [5.74, 6) is -1.51. The highest BCUT2D eigenvalue weighted by molar-refractivity contribution is 7.17. The molecule has 0 aliphatic rings. The summed E-state index contributed by atoms with van der Waals surface area (Å²) >= 11 is 7.13. The molecule has 2 rings (SSSR count). The van der Waals surface area contributed by atoms with E-state index in [9.17, 15) is 9.59 Å². The second-order valence-corrected chi connectivity index (χ2v) is 5.45. The Kier molecular flexibility index (Phi) is 4.49. The van der Waals surface area contributed by atoms with Crippen LogP contribution in [0.25, 0.3) is 6.08 Å². The SMILES string of the molecule is O=C(C=Cc1ccc(Cl)s1)Nc1ccnc(C(=O)O)c1. The first-order chi connectivity index (χ1) is 9.54. The van der Waals surface area contributed by atoms with Crippen molar-refractivity contribution in [2.45, 2.75) is 0 Å². The van der Waals surface area contributed by atoms with E-state index in [1.165, 1.54) is 35.7 Å². The average molecular weight is 309 g/mol. The second kappa shape index (κ2) is 6.31. The van der Waals surface area contributed by atoms with Gasteiger partial charge in [-0.15, -0.1) is 11.3 Å². The molecule has 1 amide bonds. The molecule has 102 valence electrons. The van der Waals surface area contributed by atoms with Crippen LogP contribution in [0, 0.1) is 0 Å². The van der Waals surface area contributed by atoms with Crippen LogP contribution in [-0.2, 0) is 4.79 Å². The van der Waals surface area contributed by atoms with Crippen LogP contribution in [0.4, 0.5) is 5.69 Å². The predicted octanol–water partition coefficient (Wildman–Crippen LogP) is 3.15. The normalized spacial score (nSPS) is 10.7. The van der Waals surface area contributed by atoms with Crippen molar-refractivity contribution in [1.29, 1.82) is 0 Å². The molecule has 0 bridgehead atoms. The maximum atomic E-state index is 11.7. The molecule has 0 spiro atoms. The number of carboxylic acids is 1. The molecule has 0 fully saturated rings. The first kappa shape index (κ1) is 14.2. The van der Waals surface area contributed by atoms with E-state index < -0.39 is 5.97 Å². The molecule has 5 nitrogen and oxygen atoms in total. The molecule has 0 radical (unpaired) electrons. The Balaban J connectivity index is 2.02. The molecule has 0 aliphatic heterocycles. The predicted molar refractivity (Wildman–Crippen MR) is 78.2 cm³/mol. The summed E-state index contributed by atoms with van der Waals surface area (Å²) < 4.78 is 0.644. The summed E-state index contributed by atoms with van der Waals surface area (Å²) in [6.45, 7) is 0. The van der Waals surface area contributed by atoms with E-state index in [4.69, 9.17) is 16.7 Å². The number of thiophene rings is 1. The third-order valence-corrected chi connectivity index (χ3v) is 3.44. The molecule has 2 N–H and O–H groups in total. The van der Waals surface area contributed by atoms with E-state index in [-0.39, 0.29) is 11.6 Å². The van der Waals surface area contributed by atoms with Gasteiger partial charge in [0.05, 0.1) is 4.34 Å². The number of nitrogens with one attached hydrogen (secondary N) is 1. The molecule has 7 heteroatoms. The third-order valence-electron chi connectivity index (χ3n) is 2.24. The van der Waals surface area contributed by atoms with E-state index in [1.54, 1.807) is 18.2 Å². The summed E-state index contributed by atoms with van der Waals surface area (Å²) in [4.78, 5) is 26.9. The van der Waals surface area contributed by atoms with E-state index in [0.29, 0.717) is 10.0 Å². The van der Waals surface area contributed by atoms with Crippen molar-refractivity contribution >= 4 is 46.6 Å². The number of pyridine rings is 1. The Labute approximate surface area is 123 Å². The number of carbonyl (C=O) groups is 2. The van der Waals surface area contributed by atoms with Gasteiger partial charge >= 0.3 is 5.97 Å². The molecule has 0 atom stereocenters. The van der Waals surface area contributed by atoms with Crippen LogP contribution in [0.5, 0.6) is 0 Å². The third kappa shape index (κ3) is 3.91. The molecular weight excluding hydrogens is 300 g/mol. The standard InChI is InChI=1S/C13H9ClN2O3S/c14-11-3-1-9(20-11)2-4-12(17)16-8-5-6-15-10(7-8)13(18)19/h1-7H,(H,18,19)(H,15,16,17). The number of nitrogens with zero attached hydrogens (tertiary/aromatic N) is 1. The Morgan fingerprint density at radius 1 is 1.35 bits per heavy atom. The summed E-state index contributed by atoms with van der Waals surface area (Å²) in [5.41, 5.74) is 0.244. The lowest BCUT2D eigenvalue weighted by Crippen LogP contribution is -2.09. The molecule has 0 aromatic carbocycles. The average Bonchev–Trinajstić information content (AvgIpc) is 2.82. The maximum Gasteiger partial charge on any atom is 0.354 e. The highest BCUT2D eigenvalue weighted by Crippen LogP contribution is 2.22. The number of carboxylic acid groups (broad SMARTS) is 1. The number of carbonyl (C=O) groups excluding carboxylic acids is 1. The van der Waals surface area contributed by atoms with Crippen molar-refractivity contribution in [2.24, 2.45) is 0 Å². The van der Waals surface area contributed by atoms with Crippen LogP contribution < -0.4 is 5.32 Å². The van der Waals surface area contributed by atoms with Crippen LogP contribution in [0.3, 0.4) is 0 Å². The van der Waals surface area contributed by atoms with Gasteiger partial charge < -0.3 is 10.4 Å². The van der Waals surface area contributed by atoms with E-state index in [1.807, 2.05) is 0 Å². The van der Waals surface area contributed by atoms with Crippen molar-refractivity contribution in [3.8, 4) is 0 Å². The number of halogens is 1. The van der Waals surface area contributed by atoms with Gasteiger partial charge in [0, 0.05) is 22.8 Å². The number of anilines is 1. The Hall–Kier alpha value is -2.18. The van der Waals surface area contributed by atoms with Crippen molar-refractivity contribution < 1.29 is 14.7 Å². The van der Waals surface area contributed by atoms with Crippen molar-refractivity contribution in [1.82, 2.24) is 4.98 Å². The lowest BCUT2D eigenvalue weighted by atomic mass is 10.3. The van der Waals surface area contributed by atoms with Gasteiger partial charge in [-0.3, -0.25) is 4.79 Å². The highest BCUT2D eigenvalue weighted by Gasteiger charge is 2.06. The molecule has 0 aliphatic carbocycles. The van der Waals surface area contributed by atoms with Crippen molar-refractivity contribution in [3.05, 3.63) is 51.4 Å². The van der Waals surface area contributed by atoms with E-state index >= 15 is 0 Å². The monoisotopic (exact) mass is 308 g/mol. The fourth-order valence-corrected chi connectivity index (χ4v) is 2.35. The Morgan fingerprint density at radius 3 is 2.80 bits per heavy atom. The van der Waals surface area contributed by atoms with Crippen LogP contribution in [0.15, 0.2) is 36.5 Å². The molecule has 2 heterocycles. The summed E-state index contributed by atoms with van der Waals surface area (Å²) in [7, 11) is 0. The van der Waals surface area contributed by atoms with Crippen LogP contribution in [0.1, 0.15) is 15.4 Å². The number of aromatic carboxylic acids is 1. The van der Waals surface area contributed by atoms with Gasteiger partial charge in [-0.05, 0) is 30.3 Å².